The smallest absolute Gasteiger partial charge is 0.281 e. The number of nitrogens with zero attached hydrogens (tertiary/aromatic N) is 6. The zero-order chi connectivity index (χ0) is 31.2. The van der Waals surface area contributed by atoms with E-state index in [9.17, 15) is 18.0 Å². The highest BCUT2D eigenvalue weighted by Gasteiger charge is 2.29. The molecule has 1 saturated carbocycles. The second-order valence-electron chi connectivity index (χ2n) is 12.4. The lowest BCUT2D eigenvalue weighted by molar-refractivity contribution is -0.123. The van der Waals surface area contributed by atoms with Gasteiger partial charge in [0.15, 0.2) is 5.65 Å². The molecule has 0 unspecified atom stereocenters. The Morgan fingerprint density at radius 3 is 2.43 bits per heavy atom. The largest absolute Gasteiger partial charge is 0.369 e. The Kier molecular flexibility index (Phi) is 8.20. The highest BCUT2D eigenvalue weighted by molar-refractivity contribution is 7.91. The Balaban J connectivity index is 1.16. The number of sulfone groups is 1. The van der Waals surface area contributed by atoms with Crippen molar-refractivity contribution in [3.05, 3.63) is 57.9 Å². The Morgan fingerprint density at radius 1 is 1.02 bits per heavy atom. The molecule has 6 rings (SSSR count). The summed E-state index contributed by atoms with van der Waals surface area (Å²) < 4.78 is 28.6. The van der Waals surface area contributed by atoms with E-state index in [1.165, 1.54) is 4.52 Å². The highest BCUT2D eigenvalue weighted by Crippen LogP contribution is 2.28. The number of piperazine rings is 1. The maximum absolute atomic E-state index is 13.6. The van der Waals surface area contributed by atoms with Crippen molar-refractivity contribution in [1.82, 2.24) is 34.9 Å². The number of fused-ring (bicyclic) bond motifs is 3. The summed E-state index contributed by atoms with van der Waals surface area (Å²) in [6.45, 7) is 6.90. The van der Waals surface area contributed by atoms with Gasteiger partial charge >= 0.3 is 0 Å². The van der Waals surface area contributed by atoms with E-state index < -0.39 is 15.4 Å². The van der Waals surface area contributed by atoms with Crippen molar-refractivity contribution in [2.24, 2.45) is 0 Å². The van der Waals surface area contributed by atoms with Crippen LogP contribution in [-0.4, -0.2) is 103 Å². The van der Waals surface area contributed by atoms with Gasteiger partial charge in [-0.2, -0.15) is 4.98 Å². The van der Waals surface area contributed by atoms with Crippen LogP contribution in [-0.2, 0) is 14.6 Å². The average molecular weight is 621 g/mol. The van der Waals surface area contributed by atoms with Gasteiger partial charge in [-0.05, 0) is 83.5 Å². The van der Waals surface area contributed by atoms with Crippen LogP contribution >= 0.6 is 0 Å². The van der Waals surface area contributed by atoms with E-state index in [2.05, 4.69) is 49.4 Å². The third-order valence-corrected chi connectivity index (χ3v) is 10.9. The van der Waals surface area contributed by atoms with Crippen LogP contribution in [0.15, 0.2) is 51.1 Å². The maximum Gasteiger partial charge on any atom is 0.281 e. The van der Waals surface area contributed by atoms with Gasteiger partial charge in [0.25, 0.3) is 5.56 Å². The fourth-order valence-electron chi connectivity index (χ4n) is 6.56. The van der Waals surface area contributed by atoms with Crippen LogP contribution in [0.2, 0.25) is 0 Å². The van der Waals surface area contributed by atoms with Crippen molar-refractivity contribution in [3.63, 3.8) is 0 Å². The number of H-pyrrole nitrogens is 1. The summed E-state index contributed by atoms with van der Waals surface area (Å²) in [5, 5.41) is 10.2. The van der Waals surface area contributed by atoms with Gasteiger partial charge in [0, 0.05) is 44.0 Å². The molecule has 2 N–H and O–H groups in total. The first-order chi connectivity index (χ1) is 21.0. The van der Waals surface area contributed by atoms with Crippen LogP contribution in [0, 0.1) is 13.8 Å². The van der Waals surface area contributed by atoms with Crippen LogP contribution in [0.1, 0.15) is 36.8 Å². The number of aryl methyl sites for hydroxylation is 2. The minimum atomic E-state index is -4.03. The first-order valence-corrected chi connectivity index (χ1v) is 16.7. The molecule has 1 aliphatic carbocycles. The Labute approximate surface area is 256 Å². The number of hydrogen-bond acceptors (Lipinski definition) is 9. The fraction of sp³-hybridized carbons (Fsp3) is 0.484. The minimum absolute atomic E-state index is 0.0364. The lowest BCUT2D eigenvalue weighted by Crippen LogP contribution is -2.51. The monoisotopic (exact) mass is 620 g/mol. The van der Waals surface area contributed by atoms with Gasteiger partial charge in [0.2, 0.25) is 20.8 Å². The Morgan fingerprint density at radius 2 is 1.75 bits per heavy atom. The topological polar surface area (TPSA) is 136 Å². The van der Waals surface area contributed by atoms with Crippen molar-refractivity contribution in [3.8, 4) is 0 Å². The average Bonchev–Trinajstić information content (AvgIpc) is 3.42. The molecule has 3 heterocycles. The van der Waals surface area contributed by atoms with Crippen molar-refractivity contribution < 1.29 is 13.2 Å². The molecule has 1 amide bonds. The standard InChI is InChI=1S/C31H40N8O4S/c1-20-5-12-27(21(2)17-20)44(42,43)31-29-33-30(41)25-11-10-24(18-26(25)39(29)35-34-31)38-15-13-37(14-16-38)19-28(40)32-22-6-8-23(9-7-22)36(3)4/h5,10-12,17-18,22-23,35H,6-9,13-16,19H2,1-4H3,(H,32,40). The van der Waals surface area contributed by atoms with E-state index in [1.54, 1.807) is 31.2 Å². The lowest BCUT2D eigenvalue weighted by Gasteiger charge is -2.36. The summed E-state index contributed by atoms with van der Waals surface area (Å²) in [5.74, 6) is 0.0811. The van der Waals surface area contributed by atoms with Crippen molar-refractivity contribution in [2.45, 2.75) is 61.5 Å². The van der Waals surface area contributed by atoms with Crippen LogP contribution in [0.5, 0.6) is 0 Å². The zero-order valence-electron chi connectivity index (χ0n) is 25.7. The molecule has 12 nitrogen and oxygen atoms in total. The van der Waals surface area contributed by atoms with E-state index >= 15 is 0 Å². The first-order valence-electron chi connectivity index (χ1n) is 15.2. The van der Waals surface area contributed by atoms with E-state index in [0.29, 0.717) is 42.1 Å². The molecule has 234 valence electrons. The predicted octanol–water partition coefficient (Wildman–Crippen LogP) is 2.13. The second kappa shape index (κ2) is 11.9. The summed E-state index contributed by atoms with van der Waals surface area (Å²) >= 11 is 0. The number of aromatic amines is 1. The lowest BCUT2D eigenvalue weighted by atomic mass is 9.90. The van der Waals surface area contributed by atoms with Gasteiger partial charge in [-0.3, -0.25) is 14.5 Å². The normalized spacial score (nSPS) is 20.1. The SMILES string of the molecule is Cc1ccc(S(=O)(=O)c2n[nH]n3c2nc(=O)c2ccc(N4CCN(CC(=O)NC5CCC(N(C)C)CC5)CC4)cc23)c(C)c1. The van der Waals surface area contributed by atoms with Crippen molar-refractivity contribution in [2.75, 3.05) is 51.7 Å². The number of rotatable bonds is 7. The molecule has 4 aromatic rings. The highest BCUT2D eigenvalue weighted by atomic mass is 32.2. The molecule has 44 heavy (non-hydrogen) atoms. The number of nitrogens with one attached hydrogen (secondary N) is 2. The molecule has 0 radical (unpaired) electrons. The van der Waals surface area contributed by atoms with Crippen molar-refractivity contribution >= 4 is 38.0 Å². The van der Waals surface area contributed by atoms with Gasteiger partial charge in [0.1, 0.15) is 0 Å². The molecule has 2 aromatic heterocycles. The fourth-order valence-corrected chi connectivity index (χ4v) is 8.03. The number of aromatic nitrogens is 4. The second-order valence-corrected chi connectivity index (χ2v) is 14.2. The predicted molar refractivity (Wildman–Crippen MR) is 169 cm³/mol. The van der Waals surface area contributed by atoms with Crippen LogP contribution in [0.25, 0.3) is 16.6 Å². The number of benzene rings is 2. The molecule has 1 saturated heterocycles. The molecule has 1 aliphatic heterocycles. The molecular formula is C31H40N8O4S. The van der Waals surface area contributed by atoms with Crippen molar-refractivity contribution in [1.29, 1.82) is 0 Å². The first kappa shape index (κ1) is 30.2. The quantitative estimate of drug-likeness (QED) is 0.319. The third kappa shape index (κ3) is 5.83. The zero-order valence-corrected chi connectivity index (χ0v) is 26.5. The van der Waals surface area contributed by atoms with E-state index in [-0.39, 0.29) is 27.5 Å². The van der Waals surface area contributed by atoms with E-state index in [1.807, 2.05) is 19.1 Å². The number of amides is 1. The van der Waals surface area contributed by atoms with Crippen LogP contribution < -0.4 is 15.8 Å². The third-order valence-electron chi connectivity index (χ3n) is 9.09. The molecule has 2 fully saturated rings. The van der Waals surface area contributed by atoms with Crippen LogP contribution in [0.4, 0.5) is 5.69 Å². The maximum atomic E-state index is 13.6. The molecule has 2 aliphatic rings. The van der Waals surface area contributed by atoms with Gasteiger partial charge in [-0.1, -0.05) is 17.7 Å². The number of carbonyl (C=O) groups excluding carboxylic acids is 1. The summed E-state index contributed by atoms with van der Waals surface area (Å²) in [5.41, 5.74) is 2.38. The summed E-state index contributed by atoms with van der Waals surface area (Å²) in [4.78, 5) is 36.7. The van der Waals surface area contributed by atoms with E-state index in [4.69, 9.17) is 0 Å². The number of carbonyl (C=O) groups is 1. The van der Waals surface area contributed by atoms with Gasteiger partial charge in [0.05, 0.1) is 22.3 Å². The molecule has 13 heteroatoms. The Hall–Kier alpha value is -3.81. The van der Waals surface area contributed by atoms with Gasteiger partial charge in [-0.25, -0.2) is 18.1 Å². The molecule has 2 aromatic carbocycles. The number of hydrogen-bond donors (Lipinski definition) is 2. The summed E-state index contributed by atoms with van der Waals surface area (Å²) in [7, 11) is 0.203. The number of anilines is 1. The van der Waals surface area contributed by atoms with Crippen LogP contribution in [0.3, 0.4) is 0 Å². The summed E-state index contributed by atoms with van der Waals surface area (Å²) in [6.07, 6.45) is 4.26. The molecule has 0 atom stereocenters. The molecule has 0 spiro atoms. The van der Waals surface area contributed by atoms with E-state index in [0.717, 1.165) is 50.0 Å². The molecule has 0 bridgehead atoms. The minimum Gasteiger partial charge on any atom is -0.369 e. The van der Waals surface area contributed by atoms with Gasteiger partial charge in [-0.15, -0.1) is 5.10 Å². The van der Waals surface area contributed by atoms with Gasteiger partial charge < -0.3 is 15.1 Å². The summed E-state index contributed by atoms with van der Waals surface area (Å²) in [6, 6.07) is 11.4. The Bertz CT molecular complexity index is 1870. The molecular weight excluding hydrogens is 580 g/mol.